The van der Waals surface area contributed by atoms with E-state index in [4.69, 9.17) is 4.99 Å². The molecule has 7 nitrogen and oxygen atoms in total. The summed E-state index contributed by atoms with van der Waals surface area (Å²) in [6, 6.07) is 5.28. The number of pyridine rings is 1. The van der Waals surface area contributed by atoms with Crippen LogP contribution in [0.5, 0.6) is 0 Å². The molecule has 1 saturated heterocycles. The summed E-state index contributed by atoms with van der Waals surface area (Å²) in [4.78, 5) is 27.3. The molecule has 1 fully saturated rings. The van der Waals surface area contributed by atoms with Gasteiger partial charge >= 0.3 is 6.18 Å². The Kier molecular flexibility index (Phi) is 6.68. The Morgan fingerprint density at radius 1 is 1.22 bits per heavy atom. The molecule has 0 aliphatic carbocycles. The molecule has 1 N–H and O–H groups in total. The van der Waals surface area contributed by atoms with Gasteiger partial charge in [0.05, 0.1) is 29.0 Å². The van der Waals surface area contributed by atoms with Crippen molar-refractivity contribution in [2.45, 2.75) is 58.4 Å². The summed E-state index contributed by atoms with van der Waals surface area (Å²) in [5, 5.41) is 12.0. The van der Waals surface area contributed by atoms with Gasteiger partial charge in [-0.1, -0.05) is 12.1 Å². The lowest BCUT2D eigenvalue weighted by Gasteiger charge is -2.37. The number of likely N-dealkylation sites (tertiary alicyclic amines) is 1. The molecule has 1 amide bonds. The summed E-state index contributed by atoms with van der Waals surface area (Å²) in [5.74, 6) is 0.632. The van der Waals surface area contributed by atoms with E-state index in [1.54, 1.807) is 30.2 Å². The predicted molar refractivity (Wildman–Crippen MR) is 129 cm³/mol. The molecule has 192 valence electrons. The molecule has 3 heterocycles. The Bertz CT molecular complexity index is 1390. The number of aryl methyl sites for hydroxylation is 2. The van der Waals surface area contributed by atoms with E-state index in [0.29, 0.717) is 53.9 Å². The van der Waals surface area contributed by atoms with Crippen molar-refractivity contribution in [2.24, 2.45) is 12.0 Å². The maximum atomic E-state index is 13.5. The zero-order valence-electron chi connectivity index (χ0n) is 21.0. The predicted octanol–water partition coefficient (Wildman–Crippen LogP) is 4.10. The molecule has 0 spiro atoms. The fourth-order valence-corrected chi connectivity index (χ4v) is 4.82. The van der Waals surface area contributed by atoms with Crippen LogP contribution in [0, 0.1) is 13.8 Å². The first kappa shape index (κ1) is 25.8. The average molecular weight is 502 g/mol. The Hall–Kier alpha value is -3.27. The topological polar surface area (TPSA) is 83.6 Å². The van der Waals surface area contributed by atoms with Crippen molar-refractivity contribution in [3.05, 3.63) is 64.2 Å². The lowest BCUT2D eigenvalue weighted by atomic mass is 9.87. The number of fused-ring (bicyclic) bond motifs is 1. The van der Waals surface area contributed by atoms with E-state index in [1.165, 1.54) is 19.9 Å². The molecule has 10 heteroatoms. The molecule has 36 heavy (non-hydrogen) atoms. The number of carbonyl (C=O) groups is 1. The van der Waals surface area contributed by atoms with Crippen LogP contribution in [-0.4, -0.2) is 43.5 Å². The first-order valence-electron chi connectivity index (χ1n) is 11.8. The third-order valence-corrected chi connectivity index (χ3v) is 7.20. The number of hydrogen-bond acceptors (Lipinski definition) is 5. The van der Waals surface area contributed by atoms with Crippen molar-refractivity contribution in [2.75, 3.05) is 13.1 Å². The molecule has 2 aromatic heterocycles. The number of rotatable bonds is 3. The highest BCUT2D eigenvalue weighted by Crippen LogP contribution is 2.35. The first-order chi connectivity index (χ1) is 16.8. The van der Waals surface area contributed by atoms with E-state index in [0.717, 1.165) is 11.6 Å². The van der Waals surface area contributed by atoms with Gasteiger partial charge in [-0.3, -0.25) is 14.8 Å². The molecule has 0 radical (unpaired) electrons. The van der Waals surface area contributed by atoms with Crippen molar-refractivity contribution in [1.82, 2.24) is 19.4 Å². The number of aromatic nitrogens is 3. The van der Waals surface area contributed by atoms with Gasteiger partial charge in [-0.2, -0.15) is 13.2 Å². The van der Waals surface area contributed by atoms with Crippen LogP contribution in [0.1, 0.15) is 60.9 Å². The van der Waals surface area contributed by atoms with Crippen LogP contribution in [0.2, 0.25) is 0 Å². The minimum absolute atomic E-state index is 0.0322. The van der Waals surface area contributed by atoms with Gasteiger partial charge in [0.2, 0.25) is 5.91 Å². The number of alkyl halides is 3. The van der Waals surface area contributed by atoms with Crippen molar-refractivity contribution in [1.29, 1.82) is 0 Å². The molecule has 0 unspecified atom stereocenters. The van der Waals surface area contributed by atoms with Crippen molar-refractivity contribution >= 4 is 16.8 Å². The van der Waals surface area contributed by atoms with Gasteiger partial charge < -0.3 is 14.6 Å². The van der Waals surface area contributed by atoms with E-state index < -0.39 is 23.4 Å². The fourth-order valence-electron chi connectivity index (χ4n) is 4.82. The van der Waals surface area contributed by atoms with Crippen LogP contribution in [0.25, 0.3) is 10.9 Å². The molecule has 1 atom stereocenters. The number of nitrogens with zero attached hydrogens (tertiary/aromatic N) is 5. The fraction of sp³-hybridized carbons (Fsp3) is 0.462. The standard InChI is InChI=1S/C26H30F3N5O2/c1-15-19(7-6-8-21(15)26(27,28)29)16(2)31-24-20-13-23(30-14-22(20)33(5)17(3)32-24)25(36)9-11-34(12-10-25)18(4)35/h6-8,13-14,16,36H,9-12H2,1-5H3/t16-/m1/s1. The highest BCUT2D eigenvalue weighted by atomic mass is 19.4. The summed E-state index contributed by atoms with van der Waals surface area (Å²) in [6.45, 7) is 7.37. The third-order valence-electron chi connectivity index (χ3n) is 7.20. The minimum atomic E-state index is -4.45. The van der Waals surface area contributed by atoms with Crippen LogP contribution < -0.4 is 5.49 Å². The second-order valence-electron chi connectivity index (χ2n) is 9.49. The van der Waals surface area contributed by atoms with Crippen LogP contribution in [0.15, 0.2) is 35.5 Å². The van der Waals surface area contributed by atoms with Gasteiger partial charge in [0.1, 0.15) is 11.4 Å². The highest BCUT2D eigenvalue weighted by Gasteiger charge is 2.36. The van der Waals surface area contributed by atoms with Crippen molar-refractivity contribution in [3.8, 4) is 0 Å². The molecule has 1 aliphatic rings. The Labute approximate surface area is 207 Å². The lowest BCUT2D eigenvalue weighted by molar-refractivity contribution is -0.138. The van der Waals surface area contributed by atoms with Crippen LogP contribution in [0.4, 0.5) is 13.2 Å². The summed E-state index contributed by atoms with van der Waals surface area (Å²) >= 11 is 0. The van der Waals surface area contributed by atoms with Gasteiger partial charge in [-0.15, -0.1) is 0 Å². The van der Waals surface area contributed by atoms with Crippen molar-refractivity contribution in [3.63, 3.8) is 0 Å². The van der Waals surface area contributed by atoms with Gasteiger partial charge in [-0.25, -0.2) is 4.98 Å². The van der Waals surface area contributed by atoms with Gasteiger partial charge in [0.15, 0.2) is 5.49 Å². The number of benzene rings is 1. The molecule has 1 aromatic carbocycles. The normalized spacial score (nSPS) is 17.5. The van der Waals surface area contributed by atoms with Crippen LogP contribution in [0.3, 0.4) is 0 Å². The van der Waals surface area contributed by atoms with Gasteiger partial charge in [0, 0.05) is 32.4 Å². The van der Waals surface area contributed by atoms with E-state index >= 15 is 0 Å². The highest BCUT2D eigenvalue weighted by molar-refractivity contribution is 5.78. The smallest absolute Gasteiger partial charge is 0.383 e. The summed E-state index contributed by atoms with van der Waals surface area (Å²) in [6.07, 6.45) is -2.09. The zero-order valence-corrected chi connectivity index (χ0v) is 21.0. The number of piperidine rings is 1. The average Bonchev–Trinajstić information content (AvgIpc) is 2.81. The zero-order chi connectivity index (χ0) is 26.4. The van der Waals surface area contributed by atoms with Gasteiger partial charge in [-0.05, 0) is 56.9 Å². The molecule has 1 aliphatic heterocycles. The summed E-state index contributed by atoms with van der Waals surface area (Å²) in [7, 11) is 1.84. The van der Waals surface area contributed by atoms with Crippen molar-refractivity contribution < 1.29 is 23.1 Å². The largest absolute Gasteiger partial charge is 0.416 e. The number of hydrogen-bond donors (Lipinski definition) is 1. The molecule has 0 saturated carbocycles. The molecule has 4 rings (SSSR count). The lowest BCUT2D eigenvalue weighted by Crippen LogP contribution is -2.44. The second kappa shape index (κ2) is 9.31. The number of carbonyl (C=O) groups excluding carboxylic acids is 1. The molecular formula is C26H30F3N5O2. The number of halogens is 3. The monoisotopic (exact) mass is 501 g/mol. The maximum Gasteiger partial charge on any atom is 0.416 e. The molecule has 3 aromatic rings. The Morgan fingerprint density at radius 3 is 2.50 bits per heavy atom. The minimum Gasteiger partial charge on any atom is -0.383 e. The molecular weight excluding hydrogens is 471 g/mol. The van der Waals surface area contributed by atoms with Crippen LogP contribution in [-0.2, 0) is 23.6 Å². The molecule has 0 bridgehead atoms. The van der Waals surface area contributed by atoms with E-state index in [2.05, 4.69) is 9.97 Å². The van der Waals surface area contributed by atoms with E-state index in [1.807, 2.05) is 18.5 Å². The quantitative estimate of drug-likeness (QED) is 0.586. The van der Waals surface area contributed by atoms with E-state index in [9.17, 15) is 23.1 Å². The third kappa shape index (κ3) is 4.74. The number of aliphatic hydroxyl groups is 1. The first-order valence-corrected chi connectivity index (χ1v) is 11.8. The second-order valence-corrected chi connectivity index (χ2v) is 9.49. The Morgan fingerprint density at radius 2 is 1.89 bits per heavy atom. The maximum absolute atomic E-state index is 13.5. The SMILES string of the molecule is CC(=O)N1CCC(O)(c2cc3c(=N[C@H](C)c4cccc(C(F)(F)F)c4C)nc(C)n(C)c3cn2)CC1. The van der Waals surface area contributed by atoms with Crippen LogP contribution >= 0.6 is 0 Å². The van der Waals surface area contributed by atoms with E-state index in [-0.39, 0.29) is 11.5 Å². The summed E-state index contributed by atoms with van der Waals surface area (Å²) in [5.41, 5.74) is 0.294. The van der Waals surface area contributed by atoms with Gasteiger partial charge in [0.25, 0.3) is 0 Å². The number of amides is 1. The Balaban J connectivity index is 1.82. The summed E-state index contributed by atoms with van der Waals surface area (Å²) < 4.78 is 42.2.